The number of nitrogens with zero attached hydrogens (tertiary/aromatic N) is 3. The van der Waals surface area contributed by atoms with Crippen molar-refractivity contribution in [1.29, 1.82) is 0 Å². The van der Waals surface area contributed by atoms with Gasteiger partial charge in [0.05, 0.1) is 16.1 Å². The molecule has 8 heteroatoms. The Morgan fingerprint density at radius 1 is 0.963 bits per heavy atom. The Morgan fingerprint density at radius 2 is 1.56 bits per heavy atom. The molecule has 27 heavy (non-hydrogen) atoms. The number of sulfonamides is 1. The lowest BCUT2D eigenvalue weighted by Gasteiger charge is -2.33. The summed E-state index contributed by atoms with van der Waals surface area (Å²) in [5, 5.41) is 0. The Morgan fingerprint density at radius 3 is 2.19 bits per heavy atom. The molecule has 1 heterocycles. The minimum absolute atomic E-state index is 0.161. The van der Waals surface area contributed by atoms with Gasteiger partial charge in [0.25, 0.3) is 15.9 Å². The van der Waals surface area contributed by atoms with Crippen LogP contribution in [0.2, 0.25) is 0 Å². The first kappa shape index (κ1) is 18.9. The minimum atomic E-state index is -3.78. The normalized spacial score (nSPS) is 14.7. The van der Waals surface area contributed by atoms with Crippen molar-refractivity contribution in [3.63, 3.8) is 0 Å². The number of piperazine rings is 1. The molecule has 0 saturated carbocycles. The van der Waals surface area contributed by atoms with Crippen LogP contribution < -0.4 is 4.31 Å². The molecular weight excluding hydrogens is 366 g/mol. The zero-order valence-corrected chi connectivity index (χ0v) is 15.8. The molecule has 0 radical (unpaired) electrons. The van der Waals surface area contributed by atoms with Crippen LogP contribution in [0.4, 0.5) is 5.69 Å². The number of carbonyl (C=O) groups excluding carboxylic acids is 2. The van der Waals surface area contributed by atoms with E-state index in [0.29, 0.717) is 37.4 Å². The SMILES string of the molecule is CN(c1ccccc1C(=O)N1CCN(C=O)CC1)S(=O)(=O)c1ccccc1. The van der Waals surface area contributed by atoms with Crippen LogP contribution in [0, 0.1) is 0 Å². The second kappa shape index (κ2) is 7.79. The van der Waals surface area contributed by atoms with Crippen LogP contribution in [0.15, 0.2) is 59.5 Å². The summed E-state index contributed by atoms with van der Waals surface area (Å²) < 4.78 is 27.0. The largest absolute Gasteiger partial charge is 0.342 e. The van der Waals surface area contributed by atoms with E-state index in [2.05, 4.69) is 0 Å². The average Bonchev–Trinajstić information content (AvgIpc) is 2.73. The molecular formula is C19H21N3O4S. The Bertz CT molecular complexity index is 923. The smallest absolute Gasteiger partial charge is 0.264 e. The molecule has 1 saturated heterocycles. The third kappa shape index (κ3) is 3.80. The van der Waals surface area contributed by atoms with Crippen LogP contribution in [-0.2, 0) is 14.8 Å². The van der Waals surface area contributed by atoms with Crippen LogP contribution in [0.25, 0.3) is 0 Å². The van der Waals surface area contributed by atoms with E-state index in [1.807, 2.05) is 0 Å². The van der Waals surface area contributed by atoms with Gasteiger partial charge < -0.3 is 9.80 Å². The maximum Gasteiger partial charge on any atom is 0.264 e. The molecule has 0 atom stereocenters. The van der Waals surface area contributed by atoms with Gasteiger partial charge in [-0.3, -0.25) is 13.9 Å². The fourth-order valence-corrected chi connectivity index (χ4v) is 4.25. The van der Waals surface area contributed by atoms with E-state index in [0.717, 1.165) is 10.7 Å². The van der Waals surface area contributed by atoms with Crippen molar-refractivity contribution >= 4 is 28.0 Å². The van der Waals surface area contributed by atoms with Crippen molar-refractivity contribution in [3.8, 4) is 0 Å². The molecule has 0 N–H and O–H groups in total. The molecule has 0 spiro atoms. The van der Waals surface area contributed by atoms with Gasteiger partial charge in [0.2, 0.25) is 6.41 Å². The van der Waals surface area contributed by atoms with E-state index in [1.165, 1.54) is 19.2 Å². The maximum absolute atomic E-state index is 13.0. The third-order valence-corrected chi connectivity index (χ3v) is 6.41. The Balaban J connectivity index is 1.90. The lowest BCUT2D eigenvalue weighted by Crippen LogP contribution is -2.48. The number of hydrogen-bond acceptors (Lipinski definition) is 4. The van der Waals surface area contributed by atoms with Gasteiger partial charge in [0.1, 0.15) is 0 Å². The van der Waals surface area contributed by atoms with Crippen molar-refractivity contribution in [2.75, 3.05) is 37.5 Å². The predicted octanol–water partition coefficient (Wildman–Crippen LogP) is 1.43. The molecule has 0 bridgehead atoms. The molecule has 1 aliphatic heterocycles. The van der Waals surface area contributed by atoms with E-state index in [-0.39, 0.29) is 10.8 Å². The molecule has 0 aromatic heterocycles. The number of amides is 2. The number of hydrogen-bond donors (Lipinski definition) is 0. The Hall–Kier alpha value is -2.87. The molecule has 2 aromatic rings. The van der Waals surface area contributed by atoms with Gasteiger partial charge in [-0.2, -0.15) is 0 Å². The van der Waals surface area contributed by atoms with Crippen LogP contribution in [-0.4, -0.2) is 63.8 Å². The summed E-state index contributed by atoms with van der Waals surface area (Å²) in [6, 6.07) is 14.8. The lowest BCUT2D eigenvalue weighted by atomic mass is 10.1. The van der Waals surface area contributed by atoms with E-state index < -0.39 is 10.0 Å². The van der Waals surface area contributed by atoms with Crippen LogP contribution in [0.1, 0.15) is 10.4 Å². The summed E-state index contributed by atoms with van der Waals surface area (Å²) in [5.74, 6) is -0.244. The molecule has 3 rings (SSSR count). The highest BCUT2D eigenvalue weighted by atomic mass is 32.2. The maximum atomic E-state index is 13.0. The second-order valence-corrected chi connectivity index (χ2v) is 8.21. The van der Waals surface area contributed by atoms with Gasteiger partial charge in [0.15, 0.2) is 0 Å². The molecule has 2 aromatic carbocycles. The van der Waals surface area contributed by atoms with Gasteiger partial charge in [-0.1, -0.05) is 30.3 Å². The van der Waals surface area contributed by atoms with Crippen LogP contribution in [0.5, 0.6) is 0 Å². The minimum Gasteiger partial charge on any atom is -0.342 e. The molecule has 142 valence electrons. The highest BCUT2D eigenvalue weighted by Gasteiger charge is 2.28. The summed E-state index contributed by atoms with van der Waals surface area (Å²) in [4.78, 5) is 27.2. The van der Waals surface area contributed by atoms with Gasteiger partial charge in [-0.15, -0.1) is 0 Å². The zero-order valence-electron chi connectivity index (χ0n) is 15.0. The standard InChI is InChI=1S/C19H21N3O4S/c1-20(27(25,26)16-7-3-2-4-8-16)18-10-6-5-9-17(18)19(24)22-13-11-21(15-23)12-14-22/h2-10,15H,11-14H2,1H3. The summed E-state index contributed by atoms with van der Waals surface area (Å²) in [5.41, 5.74) is 0.642. The predicted molar refractivity (Wildman–Crippen MR) is 102 cm³/mol. The van der Waals surface area contributed by atoms with Crippen molar-refractivity contribution in [3.05, 3.63) is 60.2 Å². The summed E-state index contributed by atoms with van der Waals surface area (Å²) in [6.07, 6.45) is 0.774. The van der Waals surface area contributed by atoms with E-state index in [4.69, 9.17) is 0 Å². The number of rotatable bonds is 5. The topological polar surface area (TPSA) is 78.0 Å². The van der Waals surface area contributed by atoms with Crippen LogP contribution >= 0.6 is 0 Å². The highest BCUT2D eigenvalue weighted by molar-refractivity contribution is 7.92. The fourth-order valence-electron chi connectivity index (χ4n) is 3.01. The molecule has 2 amide bonds. The quantitative estimate of drug-likeness (QED) is 0.727. The summed E-state index contributed by atoms with van der Waals surface area (Å²) in [7, 11) is -2.34. The number of para-hydroxylation sites is 1. The van der Waals surface area contributed by atoms with Gasteiger partial charge in [-0.25, -0.2) is 8.42 Å². The fraction of sp³-hybridized carbons (Fsp3) is 0.263. The summed E-state index contributed by atoms with van der Waals surface area (Å²) >= 11 is 0. The van der Waals surface area contributed by atoms with E-state index >= 15 is 0 Å². The molecule has 0 unspecified atom stereocenters. The zero-order chi connectivity index (χ0) is 19.4. The number of benzene rings is 2. The van der Waals surface area contributed by atoms with E-state index in [1.54, 1.807) is 52.3 Å². The van der Waals surface area contributed by atoms with E-state index in [9.17, 15) is 18.0 Å². The third-order valence-electron chi connectivity index (χ3n) is 4.63. The molecule has 7 nitrogen and oxygen atoms in total. The van der Waals surface area contributed by atoms with Crippen molar-refractivity contribution < 1.29 is 18.0 Å². The first-order chi connectivity index (χ1) is 12.9. The monoisotopic (exact) mass is 387 g/mol. The molecule has 1 aliphatic rings. The van der Waals surface area contributed by atoms with Crippen molar-refractivity contribution in [2.45, 2.75) is 4.90 Å². The van der Waals surface area contributed by atoms with Gasteiger partial charge in [-0.05, 0) is 24.3 Å². The van der Waals surface area contributed by atoms with Crippen molar-refractivity contribution in [1.82, 2.24) is 9.80 Å². The van der Waals surface area contributed by atoms with Gasteiger partial charge >= 0.3 is 0 Å². The molecule has 0 aliphatic carbocycles. The first-order valence-electron chi connectivity index (χ1n) is 8.57. The van der Waals surface area contributed by atoms with Gasteiger partial charge in [0, 0.05) is 33.2 Å². The average molecular weight is 387 g/mol. The number of carbonyl (C=O) groups is 2. The molecule has 1 fully saturated rings. The first-order valence-corrected chi connectivity index (χ1v) is 10.0. The Kier molecular flexibility index (Phi) is 5.46. The highest BCUT2D eigenvalue weighted by Crippen LogP contribution is 2.26. The summed E-state index contributed by atoms with van der Waals surface area (Å²) in [6.45, 7) is 1.77. The van der Waals surface area contributed by atoms with Crippen LogP contribution in [0.3, 0.4) is 0 Å². The second-order valence-electron chi connectivity index (χ2n) is 6.24. The number of anilines is 1. The van der Waals surface area contributed by atoms with Crippen molar-refractivity contribution in [2.24, 2.45) is 0 Å². The lowest BCUT2D eigenvalue weighted by molar-refractivity contribution is -0.119. The Labute approximate surface area is 158 Å².